The summed E-state index contributed by atoms with van der Waals surface area (Å²) in [4.78, 5) is 11.8. The van der Waals surface area contributed by atoms with Crippen LogP contribution in [0.2, 0.25) is 0 Å². The Hall–Kier alpha value is -2.37. The fraction of sp³-hybridized carbons (Fsp3) is 0.167. The number of nitrogen functional groups attached to an aromatic ring is 1. The van der Waals surface area contributed by atoms with Crippen molar-refractivity contribution in [3.05, 3.63) is 47.5 Å². The molecule has 94 valence electrons. The van der Waals surface area contributed by atoms with Gasteiger partial charge in [-0.3, -0.25) is 9.89 Å². The average Bonchev–Trinajstić information content (AvgIpc) is 2.75. The zero-order valence-corrected chi connectivity index (χ0v) is 9.77. The van der Waals surface area contributed by atoms with Crippen LogP contribution in [-0.4, -0.2) is 16.1 Å². The van der Waals surface area contributed by atoms with E-state index in [1.165, 1.54) is 18.3 Å². The summed E-state index contributed by atoms with van der Waals surface area (Å²) in [5.74, 6) is -0.712. The molecule has 0 saturated heterocycles. The van der Waals surface area contributed by atoms with Crippen LogP contribution in [0.1, 0.15) is 29.0 Å². The number of benzene rings is 1. The number of nitrogens with two attached hydrogens (primary N) is 1. The van der Waals surface area contributed by atoms with E-state index in [2.05, 4.69) is 15.5 Å². The number of aromatic nitrogens is 2. The molecule has 1 aromatic carbocycles. The first-order valence-corrected chi connectivity index (χ1v) is 5.43. The van der Waals surface area contributed by atoms with Gasteiger partial charge in [-0.1, -0.05) is 12.1 Å². The Labute approximate surface area is 103 Å². The molecular weight excluding hydrogens is 235 g/mol. The van der Waals surface area contributed by atoms with Crippen LogP contribution in [0.4, 0.5) is 10.1 Å². The molecule has 1 atom stereocenters. The van der Waals surface area contributed by atoms with Gasteiger partial charge in [-0.05, 0) is 24.6 Å². The number of anilines is 1. The number of H-pyrrole nitrogens is 1. The van der Waals surface area contributed by atoms with E-state index in [4.69, 9.17) is 5.73 Å². The molecule has 0 spiro atoms. The molecule has 1 unspecified atom stereocenters. The Morgan fingerprint density at radius 3 is 2.94 bits per heavy atom. The highest BCUT2D eigenvalue weighted by atomic mass is 19.1. The third-order valence-corrected chi connectivity index (χ3v) is 2.59. The molecule has 0 bridgehead atoms. The Kier molecular flexibility index (Phi) is 3.27. The minimum atomic E-state index is -0.373. The number of carbonyl (C=O) groups excluding carboxylic acids is 1. The van der Waals surface area contributed by atoms with Gasteiger partial charge < -0.3 is 11.1 Å². The second-order valence-electron chi connectivity index (χ2n) is 3.95. The van der Waals surface area contributed by atoms with E-state index in [1.54, 1.807) is 19.1 Å². The maximum Gasteiger partial charge on any atom is 0.271 e. The zero-order chi connectivity index (χ0) is 13.1. The molecule has 0 radical (unpaired) electrons. The summed E-state index contributed by atoms with van der Waals surface area (Å²) in [6, 6.07) is 5.74. The van der Waals surface area contributed by atoms with Gasteiger partial charge >= 0.3 is 0 Å². The van der Waals surface area contributed by atoms with Crippen LogP contribution in [0, 0.1) is 5.82 Å². The maximum absolute atomic E-state index is 13.1. The third kappa shape index (κ3) is 2.48. The summed E-state index contributed by atoms with van der Waals surface area (Å²) in [6.07, 6.45) is 1.36. The van der Waals surface area contributed by atoms with Crippen molar-refractivity contribution in [1.29, 1.82) is 0 Å². The molecule has 0 fully saturated rings. The molecule has 2 aromatic rings. The Morgan fingerprint density at radius 2 is 2.33 bits per heavy atom. The minimum absolute atomic E-state index is 0.207. The molecule has 18 heavy (non-hydrogen) atoms. The van der Waals surface area contributed by atoms with Gasteiger partial charge in [-0.25, -0.2) is 4.39 Å². The van der Waals surface area contributed by atoms with Crippen molar-refractivity contribution >= 4 is 11.6 Å². The highest BCUT2D eigenvalue weighted by molar-refractivity contribution is 5.97. The van der Waals surface area contributed by atoms with Gasteiger partial charge in [0.1, 0.15) is 11.5 Å². The van der Waals surface area contributed by atoms with Crippen molar-refractivity contribution in [2.75, 3.05) is 5.73 Å². The number of nitrogens with zero attached hydrogens (tertiary/aromatic N) is 1. The van der Waals surface area contributed by atoms with Crippen LogP contribution in [-0.2, 0) is 0 Å². The predicted octanol–water partition coefficient (Wildman–Crippen LogP) is 1.62. The maximum atomic E-state index is 13.1. The molecule has 0 aliphatic carbocycles. The number of halogens is 1. The van der Waals surface area contributed by atoms with Crippen LogP contribution in [0.5, 0.6) is 0 Å². The minimum Gasteiger partial charge on any atom is -0.396 e. The number of hydrogen-bond acceptors (Lipinski definition) is 3. The van der Waals surface area contributed by atoms with Gasteiger partial charge in [0.15, 0.2) is 0 Å². The number of amides is 1. The van der Waals surface area contributed by atoms with Crippen LogP contribution < -0.4 is 11.1 Å². The molecule has 5 nitrogen and oxygen atoms in total. The van der Waals surface area contributed by atoms with Gasteiger partial charge in [0.25, 0.3) is 5.91 Å². The molecule has 1 heterocycles. The fourth-order valence-electron chi connectivity index (χ4n) is 1.61. The second kappa shape index (κ2) is 4.87. The smallest absolute Gasteiger partial charge is 0.271 e. The van der Waals surface area contributed by atoms with E-state index >= 15 is 0 Å². The molecule has 6 heteroatoms. The Morgan fingerprint density at radius 1 is 1.56 bits per heavy atom. The van der Waals surface area contributed by atoms with E-state index < -0.39 is 0 Å². The summed E-state index contributed by atoms with van der Waals surface area (Å²) < 4.78 is 13.1. The van der Waals surface area contributed by atoms with Crippen LogP contribution in [0.3, 0.4) is 0 Å². The first kappa shape index (κ1) is 12.1. The molecular formula is C12H13FN4O. The largest absolute Gasteiger partial charge is 0.396 e. The number of hydrogen-bond donors (Lipinski definition) is 3. The monoisotopic (exact) mass is 248 g/mol. The lowest BCUT2D eigenvalue weighted by Crippen LogP contribution is -2.27. The van der Waals surface area contributed by atoms with Gasteiger partial charge in [0.2, 0.25) is 0 Å². The highest BCUT2D eigenvalue weighted by Gasteiger charge is 2.15. The molecule has 1 aromatic heterocycles. The van der Waals surface area contributed by atoms with Gasteiger partial charge in [-0.2, -0.15) is 5.10 Å². The second-order valence-corrected chi connectivity index (χ2v) is 3.95. The molecule has 0 saturated carbocycles. The van der Waals surface area contributed by atoms with Gasteiger partial charge in [0.05, 0.1) is 17.9 Å². The van der Waals surface area contributed by atoms with E-state index in [0.29, 0.717) is 5.56 Å². The molecule has 2 rings (SSSR count). The standard InChI is InChI=1S/C12H13FN4O/c1-7(8-3-2-4-9(13)5-8)16-12(18)11-10(14)6-15-17-11/h2-7H,14H2,1H3,(H,15,17)(H,16,18). The first-order valence-electron chi connectivity index (χ1n) is 5.43. The predicted molar refractivity (Wildman–Crippen MR) is 65.3 cm³/mol. The lowest BCUT2D eigenvalue weighted by atomic mass is 10.1. The Balaban J connectivity index is 2.10. The third-order valence-electron chi connectivity index (χ3n) is 2.59. The normalized spacial score (nSPS) is 12.1. The highest BCUT2D eigenvalue weighted by Crippen LogP contribution is 2.15. The van der Waals surface area contributed by atoms with E-state index in [1.807, 2.05) is 0 Å². The average molecular weight is 248 g/mol. The Bertz CT molecular complexity index is 567. The lowest BCUT2D eigenvalue weighted by Gasteiger charge is -2.13. The van der Waals surface area contributed by atoms with Crippen molar-refractivity contribution in [2.24, 2.45) is 0 Å². The van der Waals surface area contributed by atoms with Crippen LogP contribution in [0.25, 0.3) is 0 Å². The van der Waals surface area contributed by atoms with Crippen molar-refractivity contribution in [2.45, 2.75) is 13.0 Å². The van der Waals surface area contributed by atoms with Crippen LogP contribution >= 0.6 is 0 Å². The molecule has 1 amide bonds. The van der Waals surface area contributed by atoms with E-state index in [0.717, 1.165) is 0 Å². The number of aromatic amines is 1. The lowest BCUT2D eigenvalue weighted by molar-refractivity contribution is 0.0935. The van der Waals surface area contributed by atoms with Crippen LogP contribution in [0.15, 0.2) is 30.5 Å². The van der Waals surface area contributed by atoms with Crippen molar-refractivity contribution in [3.8, 4) is 0 Å². The quantitative estimate of drug-likeness (QED) is 0.771. The SMILES string of the molecule is CC(NC(=O)c1[nH]ncc1N)c1cccc(F)c1. The van der Waals surface area contributed by atoms with Crippen molar-refractivity contribution in [3.63, 3.8) is 0 Å². The van der Waals surface area contributed by atoms with Gasteiger partial charge in [0, 0.05) is 0 Å². The fourth-order valence-corrected chi connectivity index (χ4v) is 1.61. The van der Waals surface area contributed by atoms with E-state index in [9.17, 15) is 9.18 Å². The summed E-state index contributed by atoms with van der Waals surface area (Å²) >= 11 is 0. The summed E-state index contributed by atoms with van der Waals surface area (Å²) in [6.45, 7) is 1.76. The molecule has 0 aliphatic heterocycles. The number of nitrogens with one attached hydrogen (secondary N) is 2. The zero-order valence-electron chi connectivity index (χ0n) is 9.77. The number of carbonyl (C=O) groups is 1. The molecule has 0 aliphatic rings. The topological polar surface area (TPSA) is 83.8 Å². The summed E-state index contributed by atoms with van der Waals surface area (Å²) in [5.41, 5.74) is 6.73. The summed E-state index contributed by atoms with van der Waals surface area (Å²) in [5, 5.41) is 8.89. The van der Waals surface area contributed by atoms with Gasteiger partial charge in [-0.15, -0.1) is 0 Å². The van der Waals surface area contributed by atoms with Crippen molar-refractivity contribution < 1.29 is 9.18 Å². The number of rotatable bonds is 3. The summed E-state index contributed by atoms with van der Waals surface area (Å²) in [7, 11) is 0. The van der Waals surface area contributed by atoms with E-state index in [-0.39, 0.29) is 29.1 Å². The van der Waals surface area contributed by atoms with Crippen molar-refractivity contribution in [1.82, 2.24) is 15.5 Å². The first-order chi connectivity index (χ1) is 8.58. The molecule has 4 N–H and O–H groups in total.